The fourth-order valence-corrected chi connectivity index (χ4v) is 0.545. The highest BCUT2D eigenvalue weighted by Crippen LogP contribution is 2.07. The highest BCUT2D eigenvalue weighted by molar-refractivity contribution is 7.69. The summed E-state index contributed by atoms with van der Waals surface area (Å²) in [5, 5.41) is 12.8. The fraction of sp³-hybridized carbons (Fsp3) is 0.143. The molecule has 1 rings (SSSR count). The van der Waals surface area contributed by atoms with Gasteiger partial charge in [-0.2, -0.15) is 0 Å². The van der Waals surface area contributed by atoms with Crippen LogP contribution in [0, 0.1) is 6.92 Å². The number of rotatable bonds is 0. The van der Waals surface area contributed by atoms with Crippen molar-refractivity contribution in [2.75, 3.05) is 0 Å². The van der Waals surface area contributed by atoms with Crippen molar-refractivity contribution >= 4 is 10.9 Å². The molecule has 0 saturated heterocycles. The van der Waals surface area contributed by atoms with Crippen LogP contribution < -0.4 is 5.14 Å². The Labute approximate surface area is 72.7 Å². The van der Waals surface area contributed by atoms with Crippen molar-refractivity contribution in [3.05, 3.63) is 29.8 Å². The van der Waals surface area contributed by atoms with Crippen molar-refractivity contribution in [1.29, 1.82) is 0 Å². The summed E-state index contributed by atoms with van der Waals surface area (Å²) in [5.41, 5.74) is 1.17. The molecule has 0 atom stereocenters. The molecule has 68 valence electrons. The summed E-state index contributed by atoms with van der Waals surface area (Å²) in [5.74, 6) is 0.329. The van der Waals surface area contributed by atoms with Crippen LogP contribution in [0.3, 0.4) is 0 Å². The predicted octanol–water partition coefficient (Wildman–Crippen LogP) is 0.172. The number of benzene rings is 1. The van der Waals surface area contributed by atoms with E-state index >= 15 is 0 Å². The van der Waals surface area contributed by atoms with Gasteiger partial charge in [0.05, 0.1) is 0 Å². The summed E-state index contributed by atoms with van der Waals surface area (Å²) in [6.07, 6.45) is 0. The number of phenolic OH excluding ortho intramolecular Hbond substituents is 1. The zero-order valence-electron chi connectivity index (χ0n) is 6.60. The van der Waals surface area contributed by atoms with Crippen LogP contribution >= 0.6 is 0 Å². The Morgan fingerprint density at radius 2 is 1.58 bits per heavy atom. The lowest BCUT2D eigenvalue weighted by Gasteiger charge is -1.89. The van der Waals surface area contributed by atoms with Crippen LogP contribution in [-0.2, 0) is 10.9 Å². The molecule has 3 N–H and O–H groups in total. The third-order valence-electron chi connectivity index (χ3n) is 1.03. The van der Waals surface area contributed by atoms with E-state index in [1.165, 1.54) is 5.56 Å². The van der Waals surface area contributed by atoms with Gasteiger partial charge in [-0.15, -0.1) is 0 Å². The lowest BCUT2D eigenvalue weighted by molar-refractivity contribution is 0.475. The minimum absolute atomic E-state index is 0.329. The minimum atomic E-state index is -2.62. The third-order valence-corrected chi connectivity index (χ3v) is 1.03. The fourth-order valence-electron chi connectivity index (χ4n) is 0.545. The average molecular weight is 189 g/mol. The van der Waals surface area contributed by atoms with Gasteiger partial charge in [0.25, 0.3) is 0 Å². The van der Waals surface area contributed by atoms with Crippen LogP contribution in [0.15, 0.2) is 24.3 Å². The van der Waals surface area contributed by atoms with Crippen molar-refractivity contribution in [3.8, 4) is 5.75 Å². The Hall–Kier alpha value is -1.07. The normalized spacial score (nSPS) is 8.92. The SMILES string of the molecule is Cc1ccc(O)cc1.N[SH](=O)=O. The monoisotopic (exact) mass is 189 g/mol. The molecule has 0 aromatic heterocycles. The highest BCUT2D eigenvalue weighted by atomic mass is 32.2. The quantitative estimate of drug-likeness (QED) is 0.509. The topological polar surface area (TPSA) is 80.4 Å². The van der Waals surface area contributed by atoms with Gasteiger partial charge in [-0.05, 0) is 19.1 Å². The Morgan fingerprint density at radius 3 is 1.83 bits per heavy atom. The second kappa shape index (κ2) is 5.56. The second-order valence-corrected chi connectivity index (χ2v) is 2.69. The molecule has 4 nitrogen and oxygen atoms in total. The molecule has 0 unspecified atom stereocenters. The largest absolute Gasteiger partial charge is 0.508 e. The molecule has 0 amide bonds. The molecule has 0 aliphatic rings. The molecule has 0 radical (unpaired) electrons. The van der Waals surface area contributed by atoms with Crippen molar-refractivity contribution in [2.45, 2.75) is 6.92 Å². The van der Waals surface area contributed by atoms with Gasteiger partial charge in [-0.1, -0.05) is 17.7 Å². The van der Waals surface area contributed by atoms with Crippen LogP contribution in [0.2, 0.25) is 0 Å². The van der Waals surface area contributed by atoms with Crippen molar-refractivity contribution in [3.63, 3.8) is 0 Å². The molecule has 0 aliphatic heterocycles. The second-order valence-electron chi connectivity index (χ2n) is 2.12. The average Bonchev–Trinajstić information content (AvgIpc) is 1.94. The molecule has 1 aromatic rings. The lowest BCUT2D eigenvalue weighted by Crippen LogP contribution is -1.85. The van der Waals surface area contributed by atoms with Gasteiger partial charge in [-0.25, -0.2) is 13.6 Å². The van der Waals surface area contributed by atoms with Crippen LogP contribution in [-0.4, -0.2) is 13.5 Å². The Kier molecular flexibility index (Phi) is 5.07. The van der Waals surface area contributed by atoms with E-state index in [0.29, 0.717) is 5.75 Å². The lowest BCUT2D eigenvalue weighted by atomic mass is 10.2. The summed E-state index contributed by atoms with van der Waals surface area (Å²) in [7, 11) is -2.62. The first kappa shape index (κ1) is 10.9. The molecule has 0 aliphatic carbocycles. The van der Waals surface area contributed by atoms with E-state index in [1.54, 1.807) is 12.1 Å². The molecule has 0 heterocycles. The van der Waals surface area contributed by atoms with Crippen molar-refractivity contribution in [2.24, 2.45) is 5.14 Å². The molecule has 0 bridgehead atoms. The van der Waals surface area contributed by atoms with E-state index in [1.807, 2.05) is 19.1 Å². The zero-order valence-corrected chi connectivity index (χ0v) is 7.49. The number of hydrogen-bond donors (Lipinski definition) is 3. The van der Waals surface area contributed by atoms with Gasteiger partial charge in [-0.3, -0.25) is 0 Å². The Bertz CT molecular complexity index is 263. The zero-order chi connectivity index (χ0) is 9.56. The minimum Gasteiger partial charge on any atom is -0.508 e. The summed E-state index contributed by atoms with van der Waals surface area (Å²) in [6, 6.07) is 7.09. The molecule has 1 aromatic carbocycles. The summed E-state index contributed by atoms with van der Waals surface area (Å²) < 4.78 is 17.6. The maximum absolute atomic E-state index is 8.81. The van der Waals surface area contributed by atoms with E-state index < -0.39 is 10.9 Å². The van der Waals surface area contributed by atoms with Gasteiger partial charge >= 0.3 is 0 Å². The van der Waals surface area contributed by atoms with Crippen LogP contribution in [0.5, 0.6) is 5.75 Å². The summed E-state index contributed by atoms with van der Waals surface area (Å²) in [4.78, 5) is 0. The van der Waals surface area contributed by atoms with E-state index in [0.717, 1.165) is 0 Å². The summed E-state index contributed by atoms with van der Waals surface area (Å²) >= 11 is 0. The molecule has 12 heavy (non-hydrogen) atoms. The number of phenols is 1. The number of aryl methyl sites for hydroxylation is 1. The van der Waals surface area contributed by atoms with E-state index in [4.69, 9.17) is 13.5 Å². The molecular formula is C7H11NO3S. The van der Waals surface area contributed by atoms with Gasteiger partial charge in [0.1, 0.15) is 5.75 Å². The van der Waals surface area contributed by atoms with E-state index in [9.17, 15) is 0 Å². The number of aromatic hydroxyl groups is 1. The molecule has 5 heteroatoms. The first-order valence-corrected chi connectivity index (χ1v) is 4.42. The molecule has 0 spiro atoms. The molecule has 0 saturated carbocycles. The summed E-state index contributed by atoms with van der Waals surface area (Å²) in [6.45, 7) is 1.99. The maximum atomic E-state index is 8.81. The molecular weight excluding hydrogens is 178 g/mol. The predicted molar refractivity (Wildman–Crippen MR) is 47.3 cm³/mol. The van der Waals surface area contributed by atoms with E-state index in [2.05, 4.69) is 5.14 Å². The van der Waals surface area contributed by atoms with Gasteiger partial charge in [0.15, 0.2) is 10.9 Å². The Morgan fingerprint density at radius 1 is 1.25 bits per heavy atom. The first-order chi connectivity index (χ1) is 5.52. The smallest absolute Gasteiger partial charge is 0.198 e. The van der Waals surface area contributed by atoms with E-state index in [-0.39, 0.29) is 0 Å². The molecule has 0 fully saturated rings. The standard InChI is InChI=1S/C7H8O.H3NO2S/c1-6-2-4-7(8)5-3-6;1-4(2)3/h2-5,8H,1H3;4H,(H2,1,2,3). The number of thiol groups is 1. The van der Waals surface area contributed by atoms with Gasteiger partial charge in [0, 0.05) is 0 Å². The highest BCUT2D eigenvalue weighted by Gasteiger charge is 1.82. The van der Waals surface area contributed by atoms with Crippen LogP contribution in [0.4, 0.5) is 0 Å². The number of nitrogens with two attached hydrogens (primary N) is 1. The number of hydrogen-bond acceptors (Lipinski definition) is 3. The Balaban J connectivity index is 0.000000261. The van der Waals surface area contributed by atoms with Gasteiger partial charge < -0.3 is 5.11 Å². The van der Waals surface area contributed by atoms with Crippen LogP contribution in [0.25, 0.3) is 0 Å². The van der Waals surface area contributed by atoms with Gasteiger partial charge in [0.2, 0.25) is 0 Å². The first-order valence-electron chi connectivity index (χ1n) is 3.17. The van der Waals surface area contributed by atoms with Crippen LogP contribution in [0.1, 0.15) is 5.56 Å². The maximum Gasteiger partial charge on any atom is 0.198 e. The van der Waals surface area contributed by atoms with Crippen molar-refractivity contribution in [1.82, 2.24) is 0 Å². The van der Waals surface area contributed by atoms with Crippen molar-refractivity contribution < 1.29 is 13.5 Å². The third kappa shape index (κ3) is 7.04.